The molecule has 0 saturated carbocycles. The second-order valence-corrected chi connectivity index (χ2v) is 37.6. The lowest BCUT2D eigenvalue weighted by molar-refractivity contribution is -0.124. The van der Waals surface area contributed by atoms with E-state index in [2.05, 4.69) is 54.7 Å². The number of aryl methyl sites for hydroxylation is 4. The third kappa shape index (κ3) is 16.0. The molecule has 4 saturated heterocycles. The Kier molecular flexibility index (Phi) is 25.2. The van der Waals surface area contributed by atoms with E-state index in [1.807, 2.05) is 246 Å². The highest BCUT2D eigenvalue weighted by molar-refractivity contribution is 6.34. The Morgan fingerprint density at radius 2 is 0.438 bits per heavy atom. The van der Waals surface area contributed by atoms with Crippen LogP contribution in [0.1, 0.15) is 162 Å². The summed E-state index contributed by atoms with van der Waals surface area (Å²) in [4.78, 5) is 108. The molecule has 8 aliphatic rings. The lowest BCUT2D eigenvalue weighted by atomic mass is 9.58. The molecule has 12 aromatic carbocycles. The molecule has 0 unspecified atom stereocenters. The largest absolute Gasteiger partial charge is 0.355 e. The zero-order valence-electron chi connectivity index (χ0n) is 70.0. The molecule has 24 heteroatoms. The fraction of sp³-hybridized carbons (Fsp3) is 0.231. The molecule has 128 heavy (non-hydrogen) atoms. The molecule has 8 aliphatic heterocycles. The molecule has 8 amide bonds. The zero-order chi connectivity index (χ0) is 89.8. The minimum Gasteiger partial charge on any atom is -0.355 e. The topological polar surface area (TPSA) is 233 Å². The molecule has 8 heterocycles. The number of nitrogens with one attached hydrogen (secondary N) is 8. The van der Waals surface area contributed by atoms with Crippen molar-refractivity contribution < 1.29 is 38.4 Å². The van der Waals surface area contributed by atoms with Crippen LogP contribution >= 0.6 is 92.8 Å². The number of benzene rings is 12. The van der Waals surface area contributed by atoms with Crippen LogP contribution in [-0.2, 0) is 60.0 Å². The van der Waals surface area contributed by atoms with E-state index >= 15 is 0 Å². The van der Waals surface area contributed by atoms with Gasteiger partial charge in [-0.25, -0.2) is 0 Å². The second-order valence-electron chi connectivity index (χ2n) is 34.2. The van der Waals surface area contributed by atoms with Crippen LogP contribution in [0.25, 0.3) is 0 Å². The monoisotopic (exact) mass is 1860 g/mol. The molecule has 0 aromatic heterocycles. The summed E-state index contributed by atoms with van der Waals surface area (Å²) in [5.74, 6) is -3.52. The van der Waals surface area contributed by atoms with Gasteiger partial charge in [-0.15, -0.1) is 0 Å². The SMILES string of the molecule is Cc1ccccc1[C@@H]1CC(=O)NC[C@H](c2cccc(Cl)c2)[C@@]12C(=O)Nc1cc(Cl)ccc12.Cc1ccccc1[C@@H]1CNC(=O)C[C@H](c2cccc(Cl)c2)[C@@]12C(=O)Nc1cc(Cl)ccc12.Cc1ccccc1[C@H]1CC(=O)NC[C@@H](c2cccc(Cl)c2)[C@]12C(=O)Nc1cc(Cl)ccc12.Cc1ccccc1[C@H]1CNC(=O)C[C@@H](c2cccc(Cl)c2)[C@]12C(=O)Nc1cc(Cl)ccc12. The van der Waals surface area contributed by atoms with Gasteiger partial charge in [-0.3, -0.25) is 38.4 Å². The van der Waals surface area contributed by atoms with Gasteiger partial charge in [0.2, 0.25) is 47.3 Å². The van der Waals surface area contributed by atoms with Gasteiger partial charge in [0.15, 0.2) is 0 Å². The molecule has 4 fully saturated rings. The van der Waals surface area contributed by atoms with Crippen LogP contribution in [0.3, 0.4) is 0 Å². The summed E-state index contributed by atoms with van der Waals surface area (Å²) in [5, 5.41) is 29.1. The molecule has 16 nitrogen and oxygen atoms in total. The molecule has 0 aliphatic carbocycles. The molecule has 0 bridgehead atoms. The molecule has 0 radical (unpaired) electrons. The Morgan fingerprint density at radius 1 is 0.227 bits per heavy atom. The molecule has 12 aromatic rings. The maximum absolute atomic E-state index is 14.0. The second kappa shape index (κ2) is 36.3. The lowest BCUT2D eigenvalue weighted by Gasteiger charge is -2.41. The van der Waals surface area contributed by atoms with Gasteiger partial charge in [-0.05, 0) is 214 Å². The Bertz CT molecular complexity index is 5990. The normalized spacial score (nSPS) is 24.6. The highest BCUT2D eigenvalue weighted by Crippen LogP contribution is 2.63. The van der Waals surface area contributed by atoms with Crippen LogP contribution in [0, 0.1) is 27.7 Å². The van der Waals surface area contributed by atoms with E-state index in [0.29, 0.717) is 89.1 Å². The summed E-state index contributed by atoms with van der Waals surface area (Å²) in [5.41, 5.74) is 14.1. The fourth-order valence-corrected chi connectivity index (χ4v) is 23.5. The van der Waals surface area contributed by atoms with Gasteiger partial charge < -0.3 is 42.5 Å². The van der Waals surface area contributed by atoms with E-state index < -0.39 is 33.5 Å². The number of hydrogen-bond donors (Lipinski definition) is 8. The maximum Gasteiger partial charge on any atom is 0.236 e. The van der Waals surface area contributed by atoms with Gasteiger partial charge in [-0.2, -0.15) is 0 Å². The number of hydrogen-bond acceptors (Lipinski definition) is 8. The number of carbonyl (C=O) groups is 8. The van der Waals surface area contributed by atoms with Gasteiger partial charge >= 0.3 is 0 Å². The number of amides is 8. The average Bonchev–Trinajstić information content (AvgIpc) is 1.56. The highest BCUT2D eigenvalue weighted by Gasteiger charge is 2.64. The van der Waals surface area contributed by atoms with Gasteiger partial charge in [0.1, 0.15) is 0 Å². The van der Waals surface area contributed by atoms with E-state index in [0.717, 1.165) is 89.0 Å². The summed E-state index contributed by atoms with van der Waals surface area (Å²) in [6, 6.07) is 84.3. The van der Waals surface area contributed by atoms with Crippen molar-refractivity contribution in [3.05, 3.63) is 396 Å². The van der Waals surface area contributed by atoms with Crippen LogP contribution in [0.5, 0.6) is 0 Å². The Morgan fingerprint density at radius 3 is 0.688 bits per heavy atom. The van der Waals surface area contributed by atoms with E-state index in [-0.39, 0.29) is 108 Å². The van der Waals surface area contributed by atoms with Crippen LogP contribution in [0.2, 0.25) is 40.2 Å². The Balaban J connectivity index is 0.000000120. The van der Waals surface area contributed by atoms with Crippen LogP contribution < -0.4 is 42.5 Å². The first-order valence-corrected chi connectivity index (χ1v) is 45.4. The van der Waals surface area contributed by atoms with Crippen molar-refractivity contribution in [3.8, 4) is 0 Å². The number of fused-ring (bicyclic) bond motifs is 8. The summed E-state index contributed by atoms with van der Waals surface area (Å²) in [6.45, 7) is 9.51. The zero-order valence-corrected chi connectivity index (χ0v) is 76.0. The van der Waals surface area contributed by atoms with Crippen molar-refractivity contribution in [2.24, 2.45) is 0 Å². The van der Waals surface area contributed by atoms with Gasteiger partial charge in [-0.1, -0.05) is 263 Å². The minimum atomic E-state index is -1.00. The van der Waals surface area contributed by atoms with Crippen molar-refractivity contribution in [2.45, 2.75) is 122 Å². The lowest BCUT2D eigenvalue weighted by Crippen LogP contribution is -2.47. The standard InChI is InChI=1S/4C26H22Cl2N2O2/c2*1-15-5-2-3-8-19(15)21-13-24(31)29-14-22(16-6-4-7-17(27)11-16)26(21)20-10-9-18(28)12-23(20)30-25(26)32;2*1-15-5-2-3-8-19(15)22-14-29-24(31)13-21(16-6-4-7-17(27)11-16)26(22)20-10-9-18(28)12-23(20)30-25(26)32/h4*2-12,21-22H,13-14H2,1H3,(H,29,31)(H,30,32)/t4*21-,22+,26-/m1010/s1. The predicted octanol–water partition coefficient (Wildman–Crippen LogP) is 22.3. The summed E-state index contributed by atoms with van der Waals surface area (Å²) >= 11 is 50.5. The van der Waals surface area contributed by atoms with Gasteiger partial charge in [0.05, 0.1) is 21.7 Å². The summed E-state index contributed by atoms with van der Waals surface area (Å²) < 4.78 is 0. The molecular weight excluding hydrogens is 1770 g/mol. The molecule has 12 atom stereocenters. The minimum absolute atomic E-state index is 0.0719. The Labute approximate surface area is 782 Å². The van der Waals surface area contributed by atoms with Crippen molar-refractivity contribution in [3.63, 3.8) is 0 Å². The third-order valence-electron chi connectivity index (χ3n) is 27.4. The number of carbonyl (C=O) groups excluding carboxylic acids is 8. The predicted molar refractivity (Wildman–Crippen MR) is 510 cm³/mol. The van der Waals surface area contributed by atoms with E-state index in [9.17, 15) is 38.4 Å². The van der Waals surface area contributed by atoms with E-state index in [1.165, 1.54) is 0 Å². The van der Waals surface area contributed by atoms with Gasteiger partial charge in [0, 0.05) is 162 Å². The molecule has 20 rings (SSSR count). The number of anilines is 4. The van der Waals surface area contributed by atoms with Crippen LogP contribution in [-0.4, -0.2) is 73.4 Å². The first kappa shape index (κ1) is 88.7. The molecule has 648 valence electrons. The molecule has 8 N–H and O–H groups in total. The van der Waals surface area contributed by atoms with Gasteiger partial charge in [0.25, 0.3) is 0 Å². The Hall–Kier alpha value is -11.3. The van der Waals surface area contributed by atoms with Crippen molar-refractivity contribution in [2.75, 3.05) is 47.4 Å². The molecule has 4 spiro atoms. The van der Waals surface area contributed by atoms with Crippen LogP contribution in [0.4, 0.5) is 22.7 Å². The summed E-state index contributed by atoms with van der Waals surface area (Å²) in [7, 11) is 0. The van der Waals surface area contributed by atoms with Crippen molar-refractivity contribution in [1.82, 2.24) is 21.3 Å². The quantitative estimate of drug-likeness (QED) is 0.0727. The average molecular weight is 1860 g/mol. The highest BCUT2D eigenvalue weighted by atomic mass is 35.5. The summed E-state index contributed by atoms with van der Waals surface area (Å²) in [6.07, 6.45) is 0.769. The van der Waals surface area contributed by atoms with Crippen LogP contribution in [0.15, 0.2) is 267 Å². The smallest absolute Gasteiger partial charge is 0.236 e. The van der Waals surface area contributed by atoms with Crippen molar-refractivity contribution in [1.29, 1.82) is 0 Å². The van der Waals surface area contributed by atoms with Crippen molar-refractivity contribution >= 4 is 163 Å². The first-order chi connectivity index (χ1) is 61.6. The molecular formula is C104H88Cl8N8O8. The van der Waals surface area contributed by atoms with E-state index in [1.54, 1.807) is 36.4 Å². The van der Waals surface area contributed by atoms with E-state index in [4.69, 9.17) is 92.8 Å². The fourth-order valence-electron chi connectivity index (χ4n) is 22.0. The maximum atomic E-state index is 14.0. The third-order valence-corrected chi connectivity index (χ3v) is 29.3. The number of rotatable bonds is 8. The first-order valence-electron chi connectivity index (χ1n) is 42.4. The number of halogens is 8.